The first kappa shape index (κ1) is 22.3. The van der Waals surface area contributed by atoms with Crippen molar-refractivity contribution in [1.29, 1.82) is 0 Å². The van der Waals surface area contributed by atoms with E-state index < -0.39 is 0 Å². The van der Waals surface area contributed by atoms with Crippen molar-refractivity contribution >= 4 is 17.3 Å². The zero-order valence-corrected chi connectivity index (χ0v) is 19.7. The summed E-state index contributed by atoms with van der Waals surface area (Å²) in [4.78, 5) is 16.2. The predicted molar refractivity (Wildman–Crippen MR) is 131 cm³/mol. The van der Waals surface area contributed by atoms with Gasteiger partial charge in [0, 0.05) is 58.1 Å². The van der Waals surface area contributed by atoms with Crippen LogP contribution in [0.25, 0.3) is 17.2 Å². The molecule has 178 valence electrons. The molecule has 0 N–H and O–H groups in total. The van der Waals surface area contributed by atoms with E-state index in [-0.39, 0.29) is 5.82 Å². The van der Waals surface area contributed by atoms with Crippen LogP contribution in [0.1, 0.15) is 25.3 Å². The first-order chi connectivity index (χ1) is 16.6. The van der Waals surface area contributed by atoms with Crippen molar-refractivity contribution in [2.45, 2.75) is 26.3 Å². The second-order valence-electron chi connectivity index (χ2n) is 8.72. The minimum Gasteiger partial charge on any atom is -0.461 e. The summed E-state index contributed by atoms with van der Waals surface area (Å²) >= 11 is 0. The van der Waals surface area contributed by atoms with Crippen molar-refractivity contribution < 1.29 is 8.81 Å². The van der Waals surface area contributed by atoms with Crippen LogP contribution >= 0.6 is 0 Å². The summed E-state index contributed by atoms with van der Waals surface area (Å²) < 4.78 is 21.6. The lowest BCUT2D eigenvalue weighted by atomic mass is 10.2. The molecule has 0 saturated carbocycles. The van der Waals surface area contributed by atoms with Gasteiger partial charge in [-0.05, 0) is 30.7 Å². The maximum atomic E-state index is 14.2. The third-order valence-corrected chi connectivity index (χ3v) is 6.31. The van der Waals surface area contributed by atoms with E-state index in [1.807, 2.05) is 42.0 Å². The van der Waals surface area contributed by atoms with E-state index in [1.54, 1.807) is 12.3 Å². The molecule has 4 aromatic rings. The Labute approximate surface area is 198 Å². The summed E-state index contributed by atoms with van der Waals surface area (Å²) in [5.74, 6) is 1.78. The van der Waals surface area contributed by atoms with E-state index >= 15 is 0 Å². The Balaban J connectivity index is 1.38. The van der Waals surface area contributed by atoms with E-state index in [9.17, 15) is 4.39 Å². The number of anilines is 2. The van der Waals surface area contributed by atoms with Gasteiger partial charge in [0.2, 0.25) is 11.8 Å². The molecule has 4 heterocycles. The number of fused-ring (bicyclic) bond motifs is 1. The first-order valence-electron chi connectivity index (χ1n) is 11.9. The molecular weight excluding hydrogens is 433 g/mol. The van der Waals surface area contributed by atoms with E-state index in [0.717, 1.165) is 62.7 Å². The lowest BCUT2D eigenvalue weighted by Gasteiger charge is -2.36. The average Bonchev–Trinajstić information content (AvgIpc) is 3.54. The lowest BCUT2D eigenvalue weighted by Crippen LogP contribution is -2.46. The highest BCUT2D eigenvalue weighted by Crippen LogP contribution is 2.24. The third-order valence-electron chi connectivity index (χ3n) is 6.31. The Morgan fingerprint density at radius 2 is 1.91 bits per heavy atom. The van der Waals surface area contributed by atoms with Crippen LogP contribution in [0.2, 0.25) is 0 Å². The number of rotatable bonds is 8. The zero-order valence-electron chi connectivity index (χ0n) is 19.7. The molecule has 3 aromatic heterocycles. The Kier molecular flexibility index (Phi) is 6.44. The molecule has 8 nitrogen and oxygen atoms in total. The fourth-order valence-corrected chi connectivity index (χ4v) is 4.38. The molecule has 0 unspecified atom stereocenters. The summed E-state index contributed by atoms with van der Waals surface area (Å²) in [7, 11) is 2.04. The second kappa shape index (κ2) is 9.80. The molecular formula is C25H30FN7O. The molecule has 9 heteroatoms. The Hall–Kier alpha value is -3.46. The molecule has 1 aromatic carbocycles. The number of benzene rings is 1. The van der Waals surface area contributed by atoms with Crippen LogP contribution < -0.4 is 9.80 Å². The van der Waals surface area contributed by atoms with E-state index in [4.69, 9.17) is 19.5 Å². The highest BCUT2D eigenvalue weighted by atomic mass is 19.1. The van der Waals surface area contributed by atoms with E-state index in [2.05, 4.69) is 21.6 Å². The van der Waals surface area contributed by atoms with Crippen LogP contribution in [0.15, 0.2) is 53.3 Å². The standard InChI is InChI=1S/C25H30FN7O/c1-3-4-11-30(2)25-27-17-19(24-28-23(29-33(24)25)22-10-7-16-34-22)18-31-12-14-32(15-13-31)21-9-6-5-8-20(21)26/h5-10,16-17H,3-4,11-15,18H2,1-2H3. The quantitative estimate of drug-likeness (QED) is 0.390. The van der Waals surface area contributed by atoms with Crippen LogP contribution in [0.3, 0.4) is 0 Å². The fourth-order valence-electron chi connectivity index (χ4n) is 4.38. The molecule has 1 fully saturated rings. The number of hydrogen-bond acceptors (Lipinski definition) is 7. The van der Waals surface area contributed by atoms with Crippen LogP contribution in [-0.2, 0) is 6.54 Å². The molecule has 0 aliphatic carbocycles. The number of halogens is 1. The van der Waals surface area contributed by atoms with Gasteiger partial charge in [-0.15, -0.1) is 5.10 Å². The normalized spacial score (nSPS) is 14.7. The van der Waals surface area contributed by atoms with Gasteiger partial charge in [-0.1, -0.05) is 25.5 Å². The second-order valence-corrected chi connectivity index (χ2v) is 8.72. The van der Waals surface area contributed by atoms with Gasteiger partial charge in [-0.25, -0.2) is 14.4 Å². The van der Waals surface area contributed by atoms with Crippen molar-refractivity contribution in [2.75, 3.05) is 49.6 Å². The number of hydrogen-bond donors (Lipinski definition) is 0. The third kappa shape index (κ3) is 4.48. The van der Waals surface area contributed by atoms with Gasteiger partial charge in [0.25, 0.3) is 0 Å². The predicted octanol–water partition coefficient (Wildman–Crippen LogP) is 4.08. The summed E-state index contributed by atoms with van der Waals surface area (Å²) in [6.45, 7) is 6.98. The fraction of sp³-hybridized carbons (Fsp3) is 0.400. The maximum absolute atomic E-state index is 14.2. The SMILES string of the molecule is CCCCN(C)c1ncc(CN2CCN(c3ccccc3F)CC2)c2nc(-c3ccco3)nn12. The molecule has 0 amide bonds. The Bertz CT molecular complexity index is 1230. The maximum Gasteiger partial charge on any atom is 0.228 e. The zero-order chi connectivity index (χ0) is 23.5. The molecule has 1 saturated heterocycles. The van der Waals surface area contributed by atoms with Crippen LogP contribution in [0, 0.1) is 5.82 Å². The van der Waals surface area contributed by atoms with Crippen molar-refractivity contribution in [1.82, 2.24) is 24.5 Å². The summed E-state index contributed by atoms with van der Waals surface area (Å²) in [6, 6.07) is 10.7. The molecule has 34 heavy (non-hydrogen) atoms. The molecule has 1 aliphatic rings. The molecule has 0 atom stereocenters. The summed E-state index contributed by atoms with van der Waals surface area (Å²) in [5, 5.41) is 4.74. The van der Waals surface area contributed by atoms with Crippen molar-refractivity contribution in [3.63, 3.8) is 0 Å². The van der Waals surface area contributed by atoms with E-state index in [0.29, 0.717) is 23.8 Å². The highest BCUT2D eigenvalue weighted by Gasteiger charge is 2.22. The van der Waals surface area contributed by atoms with Gasteiger partial charge >= 0.3 is 0 Å². The smallest absolute Gasteiger partial charge is 0.228 e. The Morgan fingerprint density at radius 1 is 1.09 bits per heavy atom. The number of aromatic nitrogens is 4. The number of piperazine rings is 1. The van der Waals surface area contributed by atoms with Gasteiger partial charge in [0.1, 0.15) is 5.82 Å². The van der Waals surface area contributed by atoms with E-state index in [1.165, 1.54) is 6.07 Å². The lowest BCUT2D eigenvalue weighted by molar-refractivity contribution is 0.249. The van der Waals surface area contributed by atoms with Gasteiger partial charge < -0.3 is 14.2 Å². The largest absolute Gasteiger partial charge is 0.461 e. The van der Waals surface area contributed by atoms with Crippen LogP contribution in [-0.4, -0.2) is 64.3 Å². The summed E-state index contributed by atoms with van der Waals surface area (Å²) in [6.07, 6.45) is 5.73. The number of para-hydroxylation sites is 1. The minimum atomic E-state index is -0.168. The van der Waals surface area contributed by atoms with Gasteiger partial charge in [-0.2, -0.15) is 4.52 Å². The topological polar surface area (TPSA) is 65.9 Å². The number of furan rings is 1. The Morgan fingerprint density at radius 3 is 2.65 bits per heavy atom. The van der Waals surface area contributed by atoms with Gasteiger partial charge in [0.15, 0.2) is 11.4 Å². The van der Waals surface area contributed by atoms with Crippen molar-refractivity contribution in [3.05, 3.63) is 60.2 Å². The number of unbranched alkanes of at least 4 members (excludes halogenated alkanes) is 1. The minimum absolute atomic E-state index is 0.168. The summed E-state index contributed by atoms with van der Waals surface area (Å²) in [5.41, 5.74) is 2.47. The van der Waals surface area contributed by atoms with Gasteiger partial charge in [0.05, 0.1) is 12.0 Å². The first-order valence-corrected chi connectivity index (χ1v) is 11.9. The van der Waals surface area contributed by atoms with Crippen LogP contribution in [0.4, 0.5) is 16.0 Å². The highest BCUT2D eigenvalue weighted by molar-refractivity contribution is 5.58. The number of nitrogens with zero attached hydrogens (tertiary/aromatic N) is 7. The molecule has 0 radical (unpaired) electrons. The molecule has 5 rings (SSSR count). The molecule has 1 aliphatic heterocycles. The van der Waals surface area contributed by atoms with Crippen molar-refractivity contribution in [3.8, 4) is 11.6 Å². The average molecular weight is 464 g/mol. The van der Waals surface area contributed by atoms with Crippen LogP contribution in [0.5, 0.6) is 0 Å². The molecule has 0 bridgehead atoms. The van der Waals surface area contributed by atoms with Gasteiger partial charge in [-0.3, -0.25) is 4.90 Å². The van der Waals surface area contributed by atoms with Crippen molar-refractivity contribution in [2.24, 2.45) is 0 Å². The molecule has 0 spiro atoms. The monoisotopic (exact) mass is 463 g/mol.